The van der Waals surface area contributed by atoms with Crippen LogP contribution in [0.1, 0.15) is 42.5 Å². The van der Waals surface area contributed by atoms with Gasteiger partial charge >= 0.3 is 0 Å². The number of hydrogen-bond acceptors (Lipinski definition) is 2. The van der Waals surface area contributed by atoms with Crippen LogP contribution in [-0.2, 0) is 4.79 Å². The molecule has 2 aromatic carbocycles. The molecule has 23 heavy (non-hydrogen) atoms. The van der Waals surface area contributed by atoms with Gasteiger partial charge in [0.15, 0.2) is 0 Å². The highest BCUT2D eigenvalue weighted by atomic mass is 35.5. The fourth-order valence-corrected chi connectivity index (χ4v) is 3.85. The molecule has 0 spiro atoms. The molecule has 4 heteroatoms. The minimum Gasteiger partial charge on any atom is -0.378 e. The van der Waals surface area contributed by atoms with E-state index < -0.39 is 0 Å². The molecule has 1 saturated heterocycles. The van der Waals surface area contributed by atoms with E-state index in [4.69, 9.17) is 11.6 Å². The van der Waals surface area contributed by atoms with E-state index in [-0.39, 0.29) is 18.0 Å². The van der Waals surface area contributed by atoms with E-state index in [0.717, 1.165) is 30.1 Å². The van der Waals surface area contributed by atoms with E-state index in [0.29, 0.717) is 6.42 Å². The Hall–Kier alpha value is -2.00. The summed E-state index contributed by atoms with van der Waals surface area (Å²) in [4.78, 5) is 14.3. The average molecular weight is 327 g/mol. The fraction of sp³-hybridized carbons (Fsp3) is 0.316. The van der Waals surface area contributed by atoms with Crippen molar-refractivity contribution in [3.63, 3.8) is 0 Å². The predicted molar refractivity (Wildman–Crippen MR) is 92.6 cm³/mol. The number of fused-ring (bicyclic) bond motifs is 1. The van der Waals surface area contributed by atoms with Crippen molar-refractivity contribution in [2.75, 3.05) is 11.9 Å². The number of carbonyl (C=O) groups is 1. The van der Waals surface area contributed by atoms with Crippen LogP contribution in [0.5, 0.6) is 0 Å². The Morgan fingerprint density at radius 1 is 1.09 bits per heavy atom. The summed E-state index contributed by atoms with van der Waals surface area (Å²) in [6.45, 7) is 0.866. The SMILES string of the molecule is O=C1CCCN1[C@H]1C[C@@H](c2ccc(Cl)cc2)Nc2ccccc21. The quantitative estimate of drug-likeness (QED) is 0.877. The second kappa shape index (κ2) is 5.89. The number of anilines is 1. The van der Waals surface area contributed by atoms with Gasteiger partial charge in [0, 0.05) is 23.7 Å². The maximum atomic E-state index is 12.3. The van der Waals surface area contributed by atoms with Gasteiger partial charge in [-0.2, -0.15) is 0 Å². The molecule has 0 saturated carbocycles. The van der Waals surface area contributed by atoms with E-state index in [1.54, 1.807) is 0 Å². The van der Waals surface area contributed by atoms with E-state index in [1.807, 2.05) is 18.2 Å². The summed E-state index contributed by atoms with van der Waals surface area (Å²) >= 11 is 6.01. The summed E-state index contributed by atoms with van der Waals surface area (Å²) in [6.07, 6.45) is 2.54. The fourth-order valence-electron chi connectivity index (χ4n) is 3.72. The second-order valence-electron chi connectivity index (χ2n) is 6.28. The molecule has 1 N–H and O–H groups in total. The summed E-state index contributed by atoms with van der Waals surface area (Å²) in [5.74, 6) is 0.279. The summed E-state index contributed by atoms with van der Waals surface area (Å²) in [5.41, 5.74) is 3.57. The Morgan fingerprint density at radius 3 is 2.61 bits per heavy atom. The van der Waals surface area contributed by atoms with Crippen LogP contribution in [0.25, 0.3) is 0 Å². The first kappa shape index (κ1) is 14.6. The molecule has 2 aliphatic heterocycles. The van der Waals surface area contributed by atoms with E-state index in [2.05, 4.69) is 40.5 Å². The van der Waals surface area contributed by atoms with Gasteiger partial charge in [-0.05, 0) is 42.2 Å². The summed E-state index contributed by atoms with van der Waals surface area (Å²) in [6, 6.07) is 16.7. The zero-order valence-electron chi connectivity index (χ0n) is 12.8. The minimum atomic E-state index is 0.156. The molecular formula is C19H19ClN2O. The van der Waals surface area contributed by atoms with Crippen molar-refractivity contribution in [1.29, 1.82) is 0 Å². The average Bonchev–Trinajstić information content (AvgIpc) is 3.00. The highest BCUT2D eigenvalue weighted by Gasteiger charge is 2.35. The largest absolute Gasteiger partial charge is 0.378 e. The van der Waals surface area contributed by atoms with E-state index in [9.17, 15) is 4.79 Å². The lowest BCUT2D eigenvalue weighted by atomic mass is 9.88. The van der Waals surface area contributed by atoms with Gasteiger partial charge in [-0.25, -0.2) is 0 Å². The van der Waals surface area contributed by atoms with E-state index in [1.165, 1.54) is 11.1 Å². The van der Waals surface area contributed by atoms with Gasteiger partial charge in [-0.1, -0.05) is 41.9 Å². The number of para-hydroxylation sites is 1. The lowest BCUT2D eigenvalue weighted by Gasteiger charge is -2.38. The Bertz CT molecular complexity index is 728. The molecule has 2 atom stereocenters. The topological polar surface area (TPSA) is 32.3 Å². The van der Waals surface area contributed by atoms with Crippen LogP contribution in [0.15, 0.2) is 48.5 Å². The Morgan fingerprint density at radius 2 is 1.87 bits per heavy atom. The Balaban J connectivity index is 1.70. The molecule has 1 amide bonds. The van der Waals surface area contributed by atoms with Gasteiger partial charge in [0.05, 0.1) is 12.1 Å². The minimum absolute atomic E-state index is 0.156. The molecule has 118 valence electrons. The maximum Gasteiger partial charge on any atom is 0.223 e. The monoisotopic (exact) mass is 326 g/mol. The molecule has 0 aromatic heterocycles. The van der Waals surface area contributed by atoms with Crippen molar-refractivity contribution in [2.45, 2.75) is 31.3 Å². The van der Waals surface area contributed by atoms with Crippen LogP contribution < -0.4 is 5.32 Å². The van der Waals surface area contributed by atoms with Crippen molar-refractivity contribution in [1.82, 2.24) is 4.90 Å². The first-order chi connectivity index (χ1) is 11.2. The molecule has 0 unspecified atom stereocenters. The molecular weight excluding hydrogens is 308 g/mol. The number of likely N-dealkylation sites (tertiary alicyclic amines) is 1. The highest BCUT2D eigenvalue weighted by molar-refractivity contribution is 6.30. The Labute approximate surface area is 141 Å². The number of nitrogens with zero attached hydrogens (tertiary/aromatic N) is 1. The number of amides is 1. The van der Waals surface area contributed by atoms with Crippen molar-refractivity contribution >= 4 is 23.2 Å². The zero-order valence-corrected chi connectivity index (χ0v) is 13.6. The summed E-state index contributed by atoms with van der Waals surface area (Å²) in [7, 11) is 0. The molecule has 2 aromatic rings. The molecule has 2 aliphatic rings. The highest BCUT2D eigenvalue weighted by Crippen LogP contribution is 2.43. The molecule has 2 heterocycles. The van der Waals surface area contributed by atoms with Crippen molar-refractivity contribution in [3.8, 4) is 0 Å². The number of nitrogens with one attached hydrogen (secondary N) is 1. The van der Waals surface area contributed by atoms with Crippen LogP contribution in [0.3, 0.4) is 0 Å². The normalized spacial score (nSPS) is 23.5. The van der Waals surface area contributed by atoms with Gasteiger partial charge in [0.25, 0.3) is 0 Å². The molecule has 3 nitrogen and oxygen atoms in total. The summed E-state index contributed by atoms with van der Waals surface area (Å²) in [5, 5.41) is 4.37. The maximum absolute atomic E-state index is 12.3. The number of carbonyl (C=O) groups excluding carboxylic acids is 1. The van der Waals surface area contributed by atoms with Crippen LogP contribution in [0.4, 0.5) is 5.69 Å². The van der Waals surface area contributed by atoms with Crippen LogP contribution >= 0.6 is 11.6 Å². The van der Waals surface area contributed by atoms with Crippen molar-refractivity contribution in [2.24, 2.45) is 0 Å². The second-order valence-corrected chi connectivity index (χ2v) is 6.71. The first-order valence-corrected chi connectivity index (χ1v) is 8.50. The molecule has 0 aliphatic carbocycles. The molecule has 0 bridgehead atoms. The number of hydrogen-bond donors (Lipinski definition) is 1. The predicted octanol–water partition coefficient (Wildman–Crippen LogP) is 4.56. The van der Waals surface area contributed by atoms with Gasteiger partial charge in [0.1, 0.15) is 0 Å². The van der Waals surface area contributed by atoms with Gasteiger partial charge in [-0.3, -0.25) is 4.79 Å². The van der Waals surface area contributed by atoms with Crippen LogP contribution in [-0.4, -0.2) is 17.4 Å². The lowest BCUT2D eigenvalue weighted by Crippen LogP contribution is -2.35. The van der Waals surface area contributed by atoms with Crippen molar-refractivity contribution in [3.05, 3.63) is 64.7 Å². The third-order valence-corrected chi connectivity index (χ3v) is 5.12. The third kappa shape index (κ3) is 2.70. The van der Waals surface area contributed by atoms with E-state index >= 15 is 0 Å². The number of benzene rings is 2. The molecule has 4 rings (SSSR count). The number of rotatable bonds is 2. The van der Waals surface area contributed by atoms with Crippen LogP contribution in [0.2, 0.25) is 5.02 Å². The van der Waals surface area contributed by atoms with Gasteiger partial charge in [-0.15, -0.1) is 0 Å². The molecule has 0 radical (unpaired) electrons. The van der Waals surface area contributed by atoms with Gasteiger partial charge in [0.2, 0.25) is 5.91 Å². The first-order valence-electron chi connectivity index (χ1n) is 8.13. The zero-order chi connectivity index (χ0) is 15.8. The lowest BCUT2D eigenvalue weighted by molar-refractivity contribution is -0.130. The van der Waals surface area contributed by atoms with Crippen LogP contribution in [0, 0.1) is 0 Å². The smallest absolute Gasteiger partial charge is 0.223 e. The van der Waals surface area contributed by atoms with Crippen molar-refractivity contribution < 1.29 is 4.79 Å². The number of halogens is 1. The Kier molecular flexibility index (Phi) is 3.74. The molecule has 1 fully saturated rings. The van der Waals surface area contributed by atoms with Gasteiger partial charge < -0.3 is 10.2 Å². The standard InChI is InChI=1S/C19H19ClN2O/c20-14-9-7-13(8-10-14)17-12-18(22-11-3-6-19(22)23)15-4-1-2-5-16(15)21-17/h1-2,4-5,7-10,17-18,21H,3,6,11-12H2/t17-,18-/m0/s1. The third-order valence-electron chi connectivity index (χ3n) is 4.87. The summed E-state index contributed by atoms with van der Waals surface area (Å²) < 4.78 is 0.